The predicted molar refractivity (Wildman–Crippen MR) is 125 cm³/mol. The number of allylic oxidation sites excluding steroid dienone is 2. The molecule has 3 aromatic heterocycles. The molecule has 3 aromatic rings. The van der Waals surface area contributed by atoms with Crippen molar-refractivity contribution in [3.05, 3.63) is 77.1 Å². The molecule has 28 heavy (non-hydrogen) atoms. The fourth-order valence-electron chi connectivity index (χ4n) is 3.17. The van der Waals surface area contributed by atoms with Gasteiger partial charge >= 0.3 is 173 Å². The molecule has 148 valence electrons. The molecule has 0 saturated heterocycles. The summed E-state index contributed by atoms with van der Waals surface area (Å²) in [5, 5.41) is 1.43. The fraction of sp³-hybridized carbons (Fsp3) is 0.273. The van der Waals surface area contributed by atoms with Crippen LogP contribution in [0.3, 0.4) is 0 Å². The first-order valence-corrected chi connectivity index (χ1v) is 21.1. The summed E-state index contributed by atoms with van der Waals surface area (Å²) in [6, 6.07) is 12.1. The summed E-state index contributed by atoms with van der Waals surface area (Å²) in [5.41, 5.74) is 2.44. The third-order valence-corrected chi connectivity index (χ3v) is 16.8. The average Bonchev–Trinajstić information content (AvgIpc) is 3.35. The molecular formula is C22H30GeO3Si2. The van der Waals surface area contributed by atoms with E-state index in [0.717, 1.165) is 13.8 Å². The number of hydrogen-bond donors (Lipinski definition) is 0. The summed E-state index contributed by atoms with van der Waals surface area (Å²) in [5.74, 6) is 0. The fourth-order valence-corrected chi connectivity index (χ4v) is 16.4. The second-order valence-corrected chi connectivity index (χ2v) is 26.5. The van der Waals surface area contributed by atoms with Crippen molar-refractivity contribution in [3.8, 4) is 0 Å². The summed E-state index contributed by atoms with van der Waals surface area (Å²) in [7, 11) is -2.94. The van der Waals surface area contributed by atoms with Crippen molar-refractivity contribution >= 4 is 43.2 Å². The van der Waals surface area contributed by atoms with Crippen molar-refractivity contribution in [1.29, 1.82) is 0 Å². The Labute approximate surface area is 172 Å². The van der Waals surface area contributed by atoms with Gasteiger partial charge in [0.1, 0.15) is 0 Å². The zero-order valence-corrected chi connectivity index (χ0v) is 21.8. The van der Waals surface area contributed by atoms with E-state index in [1.807, 2.05) is 18.2 Å². The van der Waals surface area contributed by atoms with E-state index in [9.17, 15) is 0 Å². The molecule has 0 fully saturated rings. The van der Waals surface area contributed by atoms with Crippen molar-refractivity contribution in [2.24, 2.45) is 0 Å². The van der Waals surface area contributed by atoms with Gasteiger partial charge in [-0.2, -0.15) is 0 Å². The van der Waals surface area contributed by atoms with Crippen LogP contribution in [0.25, 0.3) is 0 Å². The number of furan rings is 3. The van der Waals surface area contributed by atoms with E-state index in [1.54, 1.807) is 18.8 Å². The van der Waals surface area contributed by atoms with Crippen LogP contribution in [0.5, 0.6) is 0 Å². The van der Waals surface area contributed by atoms with Crippen molar-refractivity contribution in [1.82, 2.24) is 0 Å². The van der Waals surface area contributed by atoms with Gasteiger partial charge < -0.3 is 0 Å². The Bertz CT molecular complexity index is 839. The SMILES string of the molecule is C[Si](C)(C)/C=C/C(=[CH]/[Ge]([c]1ccco1)([c]1ccco1)[c]1ccco1)[Si](C)(C)C. The van der Waals surface area contributed by atoms with Gasteiger partial charge in [0.2, 0.25) is 0 Å². The molecule has 0 aliphatic heterocycles. The molecule has 0 amide bonds. The van der Waals surface area contributed by atoms with Gasteiger partial charge in [-0.3, -0.25) is 0 Å². The molecule has 0 atom stereocenters. The maximum absolute atomic E-state index is 6.02. The Morgan fingerprint density at radius 1 is 0.750 bits per heavy atom. The molecule has 3 nitrogen and oxygen atoms in total. The zero-order chi connectivity index (χ0) is 20.4. The van der Waals surface area contributed by atoms with Crippen LogP contribution in [0, 0.1) is 0 Å². The maximum atomic E-state index is 6.02. The summed E-state index contributed by atoms with van der Waals surface area (Å²) < 4.78 is 21.0. The molecular weight excluding hydrogens is 441 g/mol. The minimum absolute atomic E-state index is 0.974. The van der Waals surface area contributed by atoms with Crippen LogP contribution < -0.4 is 13.8 Å². The van der Waals surface area contributed by atoms with Crippen molar-refractivity contribution in [2.75, 3.05) is 0 Å². The van der Waals surface area contributed by atoms with Crippen LogP contribution in [0.1, 0.15) is 0 Å². The van der Waals surface area contributed by atoms with E-state index in [-0.39, 0.29) is 0 Å². The molecule has 0 spiro atoms. The first-order valence-electron chi connectivity index (χ1n) is 9.67. The van der Waals surface area contributed by atoms with Crippen LogP contribution in [0.4, 0.5) is 0 Å². The van der Waals surface area contributed by atoms with Crippen LogP contribution in [0.2, 0.25) is 39.3 Å². The van der Waals surface area contributed by atoms with E-state index >= 15 is 0 Å². The summed E-state index contributed by atoms with van der Waals surface area (Å²) in [6.07, 6.45) is 7.64. The molecule has 3 heterocycles. The van der Waals surface area contributed by atoms with Gasteiger partial charge in [-0.25, -0.2) is 0 Å². The Kier molecular flexibility index (Phi) is 5.98. The van der Waals surface area contributed by atoms with E-state index in [1.165, 1.54) is 5.20 Å². The first kappa shape index (κ1) is 21.0. The third kappa shape index (κ3) is 4.47. The van der Waals surface area contributed by atoms with Gasteiger partial charge in [0.05, 0.1) is 0 Å². The van der Waals surface area contributed by atoms with Gasteiger partial charge in [0.25, 0.3) is 0 Å². The van der Waals surface area contributed by atoms with Crippen LogP contribution in [0.15, 0.2) is 90.3 Å². The van der Waals surface area contributed by atoms with Crippen molar-refractivity contribution in [3.63, 3.8) is 0 Å². The second kappa shape index (κ2) is 7.97. The van der Waals surface area contributed by atoms with Gasteiger partial charge in [0, 0.05) is 0 Å². The standard InChI is InChI=1S/C22H30GeO3Si2/c1-27(2,3)17-13-19(28(4,5)6)18-23(20-10-7-14-24-20,21-11-8-15-25-21)22-12-9-16-26-22/h7-18H,1-6H3/b17-13+,19-18-. The van der Waals surface area contributed by atoms with Crippen LogP contribution in [-0.4, -0.2) is 29.4 Å². The topological polar surface area (TPSA) is 39.4 Å². The van der Waals surface area contributed by atoms with Gasteiger partial charge in [0.15, 0.2) is 0 Å². The third-order valence-electron chi connectivity index (χ3n) is 4.73. The van der Waals surface area contributed by atoms with E-state index in [4.69, 9.17) is 13.3 Å². The van der Waals surface area contributed by atoms with Crippen molar-refractivity contribution < 1.29 is 13.3 Å². The quantitative estimate of drug-likeness (QED) is 0.370. The monoisotopic (exact) mass is 472 g/mol. The average molecular weight is 471 g/mol. The van der Waals surface area contributed by atoms with Gasteiger partial charge in [-0.05, 0) is 0 Å². The first-order chi connectivity index (χ1) is 13.1. The molecule has 3 rings (SSSR count). The zero-order valence-electron chi connectivity index (χ0n) is 17.7. The van der Waals surface area contributed by atoms with E-state index < -0.39 is 29.4 Å². The normalized spacial score (nSPS) is 14.1. The summed E-state index contributed by atoms with van der Waals surface area (Å²) >= 11 is -3.39. The minimum atomic E-state index is -3.39. The molecule has 0 aliphatic rings. The predicted octanol–water partition coefficient (Wildman–Crippen LogP) is 4.71. The van der Waals surface area contributed by atoms with Gasteiger partial charge in [-0.15, -0.1) is 0 Å². The number of rotatable bonds is 7. The van der Waals surface area contributed by atoms with Gasteiger partial charge in [-0.1, -0.05) is 0 Å². The van der Waals surface area contributed by atoms with Crippen LogP contribution in [-0.2, 0) is 0 Å². The molecule has 0 aliphatic carbocycles. The Morgan fingerprint density at radius 2 is 1.18 bits per heavy atom. The Balaban J connectivity index is 2.32. The van der Waals surface area contributed by atoms with E-state index in [2.05, 4.69) is 74.2 Å². The summed E-state index contributed by atoms with van der Waals surface area (Å²) in [4.78, 5) is 2.49. The molecule has 0 N–H and O–H groups in total. The Hall–Kier alpha value is -1.70. The van der Waals surface area contributed by atoms with Crippen LogP contribution >= 0.6 is 0 Å². The molecule has 0 bridgehead atoms. The van der Waals surface area contributed by atoms with E-state index in [0.29, 0.717) is 0 Å². The molecule has 0 unspecified atom stereocenters. The summed E-state index contributed by atoms with van der Waals surface area (Å²) in [6.45, 7) is 14.3. The second-order valence-electron chi connectivity index (χ2n) is 9.29. The Morgan fingerprint density at radius 3 is 1.46 bits per heavy atom. The molecule has 6 heteroatoms. The molecule has 0 aromatic carbocycles. The van der Waals surface area contributed by atoms with Crippen molar-refractivity contribution in [2.45, 2.75) is 39.3 Å². The molecule has 0 saturated carbocycles. The molecule has 0 radical (unpaired) electrons. The number of hydrogen-bond acceptors (Lipinski definition) is 3.